The first-order valence-corrected chi connectivity index (χ1v) is 51.5. The Labute approximate surface area is 471 Å². The molecule has 0 saturated carbocycles. The number of rotatable bonds is 22. The predicted molar refractivity (Wildman–Crippen MR) is 319 cm³/mol. The average Bonchev–Trinajstić information content (AvgIpc) is 4.23. The van der Waals surface area contributed by atoms with Gasteiger partial charge in [-0.3, -0.25) is 43.5 Å². The number of thiophene rings is 5. The van der Waals surface area contributed by atoms with Gasteiger partial charge in [0.25, 0.3) is 35.4 Å². The summed E-state index contributed by atoms with van der Waals surface area (Å²) in [5.74, 6) is -0.00666. The fourth-order valence-electron chi connectivity index (χ4n) is 9.38. The van der Waals surface area contributed by atoms with Gasteiger partial charge in [0.15, 0.2) is 0 Å². The average molecular weight is 1360 g/mol. The molecule has 3 aliphatic rings. The topological polar surface area (TPSA) is 112 Å². The van der Waals surface area contributed by atoms with E-state index >= 15 is 0 Å². The number of carbonyl (C=O) groups excluding carboxylic acids is 6. The third-order valence-electron chi connectivity index (χ3n) is 14.2. The van der Waals surface area contributed by atoms with Crippen molar-refractivity contribution < 1.29 is 28.8 Å². The van der Waals surface area contributed by atoms with E-state index in [2.05, 4.69) is 111 Å². The van der Waals surface area contributed by atoms with Gasteiger partial charge in [0.1, 0.15) is 0 Å². The third-order valence-corrected chi connectivity index (χ3v) is 39.4. The molecule has 3 aliphatic heterocycles. The second kappa shape index (κ2) is 26.6. The fourth-order valence-corrected chi connectivity index (χ4v) is 28.2. The van der Waals surface area contributed by atoms with E-state index < -0.39 is 36.8 Å². The van der Waals surface area contributed by atoms with E-state index in [1.54, 1.807) is 11.2 Å². The van der Waals surface area contributed by atoms with Gasteiger partial charge in [0, 0.05) is 45.5 Å². The molecular formula is C56H76BrN3O6S5Sn2. The van der Waals surface area contributed by atoms with Crippen LogP contribution in [0.4, 0.5) is 0 Å². The number of hydrogen-bond donors (Lipinski definition) is 0. The maximum atomic E-state index is 13.5. The third kappa shape index (κ3) is 13.8. The van der Waals surface area contributed by atoms with E-state index in [9.17, 15) is 28.8 Å². The van der Waals surface area contributed by atoms with Gasteiger partial charge in [-0.05, 0) is 65.1 Å². The Bertz CT molecular complexity index is 2640. The van der Waals surface area contributed by atoms with Crippen LogP contribution in [0.2, 0.25) is 29.6 Å². The van der Waals surface area contributed by atoms with Crippen LogP contribution in [-0.4, -0.2) is 107 Å². The van der Waals surface area contributed by atoms with Crippen molar-refractivity contribution >= 4 is 151 Å². The van der Waals surface area contributed by atoms with E-state index in [0.717, 1.165) is 100 Å². The Morgan fingerprint density at radius 3 is 1.08 bits per heavy atom. The molecule has 0 saturated heterocycles. The van der Waals surface area contributed by atoms with E-state index in [4.69, 9.17) is 0 Å². The van der Waals surface area contributed by atoms with Crippen molar-refractivity contribution in [3.63, 3.8) is 0 Å². The normalized spacial score (nSPS) is 15.7. The molecule has 3 atom stereocenters. The van der Waals surface area contributed by atoms with Gasteiger partial charge in [-0.1, -0.05) is 99.3 Å². The molecule has 396 valence electrons. The zero-order valence-electron chi connectivity index (χ0n) is 45.1. The Morgan fingerprint density at radius 2 is 0.781 bits per heavy atom. The number of amides is 6. The molecule has 0 N–H and O–H groups in total. The molecule has 9 nitrogen and oxygen atoms in total. The van der Waals surface area contributed by atoms with E-state index in [1.165, 1.54) is 60.0 Å². The minimum absolute atomic E-state index is 0.128. The maximum absolute atomic E-state index is 13.5. The van der Waals surface area contributed by atoms with Crippen molar-refractivity contribution in [2.75, 3.05) is 19.6 Å². The molecule has 0 radical (unpaired) electrons. The van der Waals surface area contributed by atoms with Gasteiger partial charge in [-0.2, -0.15) is 0 Å². The molecule has 3 unspecified atom stereocenters. The zero-order valence-corrected chi connectivity index (χ0v) is 56.5. The summed E-state index contributed by atoms with van der Waals surface area (Å²) in [4.78, 5) is 101. The number of nitrogens with zero attached hydrogens (tertiary/aromatic N) is 3. The molecule has 17 heteroatoms. The monoisotopic (exact) mass is 1370 g/mol. The van der Waals surface area contributed by atoms with Gasteiger partial charge in [-0.25, -0.2) is 0 Å². The van der Waals surface area contributed by atoms with Crippen molar-refractivity contribution in [1.29, 1.82) is 0 Å². The SMILES string of the molecule is CCCCC(CC)CN1C(=O)c2csc(-c3ccc(-c4scc5c4C(=O)N(CC(CC)CCCC)C5=O)s3)c2C1=O.CCCCC(CC)CN1C(=O)c2csc(Br)c2C1=O.[CH3][Sn]([CH3])([CH3])[c]1cc[c]([Sn]([CH3])([CH3])[CH3])s1. The number of imide groups is 3. The van der Waals surface area contributed by atoms with Crippen LogP contribution in [0.3, 0.4) is 0 Å². The van der Waals surface area contributed by atoms with Gasteiger partial charge < -0.3 is 0 Å². The van der Waals surface area contributed by atoms with E-state index in [1.807, 2.05) is 22.9 Å². The second-order valence-corrected chi connectivity index (χ2v) is 58.7. The number of hydrogen-bond acceptors (Lipinski definition) is 11. The molecule has 0 aliphatic carbocycles. The van der Waals surface area contributed by atoms with Crippen molar-refractivity contribution in [3.8, 4) is 19.5 Å². The van der Waals surface area contributed by atoms with Crippen molar-refractivity contribution in [1.82, 2.24) is 14.7 Å². The van der Waals surface area contributed by atoms with Gasteiger partial charge in [0.2, 0.25) is 0 Å². The van der Waals surface area contributed by atoms with Crippen LogP contribution in [0, 0.1) is 17.8 Å². The first kappa shape index (κ1) is 60.2. The van der Waals surface area contributed by atoms with Crippen LogP contribution >= 0.6 is 72.6 Å². The molecule has 8 heterocycles. The molecule has 8 rings (SSSR count). The molecular weight excluding hydrogens is 1290 g/mol. The number of halogens is 1. The molecule has 5 aromatic rings. The molecule has 6 amide bonds. The fraction of sp³-hybridized carbons (Fsp3) is 0.536. The van der Waals surface area contributed by atoms with Crippen molar-refractivity contribution in [3.05, 3.63) is 77.6 Å². The first-order valence-electron chi connectivity index (χ1n) is 26.4. The molecule has 0 spiro atoms. The van der Waals surface area contributed by atoms with Crippen LogP contribution < -0.4 is 5.79 Å². The Hall–Kier alpha value is -2.00. The summed E-state index contributed by atoms with van der Waals surface area (Å²) in [6.07, 6.45) is 12.7. The van der Waals surface area contributed by atoms with Gasteiger partial charge >= 0.3 is 95.6 Å². The molecule has 0 bridgehead atoms. The van der Waals surface area contributed by atoms with Crippen LogP contribution in [0.5, 0.6) is 0 Å². The Kier molecular flexibility index (Phi) is 21.9. The summed E-state index contributed by atoms with van der Waals surface area (Å²) in [7, 11) is 0. The van der Waals surface area contributed by atoms with Crippen molar-refractivity contribution in [2.24, 2.45) is 17.8 Å². The second-order valence-electron chi connectivity index (χ2n) is 21.7. The molecule has 0 aromatic carbocycles. The molecule has 73 heavy (non-hydrogen) atoms. The summed E-state index contributed by atoms with van der Waals surface area (Å²) >= 11 is 7.76. The number of unbranched alkanes of at least 4 members (excludes halogenated alkanes) is 3. The van der Waals surface area contributed by atoms with Gasteiger partial charge in [0.05, 0.1) is 46.9 Å². The summed E-state index contributed by atoms with van der Waals surface area (Å²) in [5, 5.41) is 5.39. The van der Waals surface area contributed by atoms with Crippen LogP contribution in [-0.2, 0) is 0 Å². The summed E-state index contributed by atoms with van der Waals surface area (Å²) in [6, 6.07) is 8.76. The van der Waals surface area contributed by atoms with E-state index in [-0.39, 0.29) is 35.4 Å². The van der Waals surface area contributed by atoms with Crippen molar-refractivity contribution in [2.45, 2.75) is 148 Å². The predicted octanol–water partition coefficient (Wildman–Crippen LogP) is 16.0. The molecule has 5 aromatic heterocycles. The van der Waals surface area contributed by atoms with Crippen LogP contribution in [0.25, 0.3) is 19.5 Å². The summed E-state index contributed by atoms with van der Waals surface area (Å²) in [5.41, 5.74) is 3.12. The minimum atomic E-state index is -1.74. The summed E-state index contributed by atoms with van der Waals surface area (Å²) < 4.78 is 4.26. The number of fused-ring (bicyclic) bond motifs is 3. The Balaban J connectivity index is 0.000000222. The number of carbonyl (C=O) groups is 6. The Morgan fingerprint density at radius 1 is 0.452 bits per heavy atom. The summed E-state index contributed by atoms with van der Waals surface area (Å²) in [6.45, 7) is 14.3. The van der Waals surface area contributed by atoms with Crippen LogP contribution in [0.1, 0.15) is 181 Å². The van der Waals surface area contributed by atoms with Gasteiger partial charge in [-0.15, -0.1) is 45.3 Å². The molecule has 0 fully saturated rings. The standard InChI is InChI=1S/C32H38N2O4S3.C14H18BrNO2S.C4H2S.6CH3.2Sn/c1-5-9-11-19(7-3)15-33-29(35)21-17-39-27(25(21)31(33)37)23-13-14-24(41-23)28-26-22(18-40-28)30(36)34(32(26)38)16-20(8-4)12-10-6-2;1-3-5-6-9(4-2)7-16-13(17)10-8-19-12(15)11(10)14(16)18;1-2-4-5-3-1;;;;;;;;/h13-14,17-20H,5-12,15-16H2,1-4H3;8-9H,3-7H2,1-2H3;1-2H;6*1H3;;. The first-order chi connectivity index (χ1) is 34.6. The van der Waals surface area contributed by atoms with Crippen LogP contribution in [0.15, 0.2) is 44.2 Å². The van der Waals surface area contributed by atoms with E-state index in [0.29, 0.717) is 70.8 Å². The zero-order chi connectivity index (χ0) is 53.5. The quantitative estimate of drug-likeness (QED) is 0.0504.